The van der Waals surface area contributed by atoms with Gasteiger partial charge in [-0.15, -0.1) is 4.73 Å². The molecule has 0 amide bonds. The van der Waals surface area contributed by atoms with Crippen molar-refractivity contribution in [3.8, 4) is 0 Å². The van der Waals surface area contributed by atoms with E-state index in [0.29, 0.717) is 12.2 Å². The van der Waals surface area contributed by atoms with E-state index in [2.05, 4.69) is 4.98 Å². The Labute approximate surface area is 239 Å². The molecule has 0 saturated carbocycles. The van der Waals surface area contributed by atoms with Crippen molar-refractivity contribution >= 4 is 7.60 Å². The zero-order valence-corrected chi connectivity index (χ0v) is 24.1. The van der Waals surface area contributed by atoms with Crippen LogP contribution >= 0.6 is 7.60 Å². The van der Waals surface area contributed by atoms with Crippen LogP contribution in [0.2, 0.25) is 0 Å². The van der Waals surface area contributed by atoms with Crippen molar-refractivity contribution in [2.24, 2.45) is 0 Å². The zero-order chi connectivity index (χ0) is 29.1. The van der Waals surface area contributed by atoms with Crippen LogP contribution in [0.25, 0.3) is 0 Å². The lowest BCUT2D eigenvalue weighted by atomic mass is 10.2. The van der Waals surface area contributed by atoms with E-state index < -0.39 is 31.1 Å². The van der Waals surface area contributed by atoms with E-state index in [1.807, 2.05) is 97.9 Å². The summed E-state index contributed by atoms with van der Waals surface area (Å²) in [6.07, 6.45) is 0.270. The minimum atomic E-state index is -3.64. The smallest absolute Gasteiger partial charge is 0.361 e. The Morgan fingerprint density at radius 1 is 0.780 bits per heavy atom. The Kier molecular flexibility index (Phi) is 10.9. The van der Waals surface area contributed by atoms with Crippen LogP contribution in [0.3, 0.4) is 0 Å². The topological polar surface area (TPSA) is 109 Å². The van der Waals surface area contributed by atoms with Crippen molar-refractivity contribution < 1.29 is 23.2 Å². The number of aromatic amines is 1. The van der Waals surface area contributed by atoms with Gasteiger partial charge in [0.15, 0.2) is 6.10 Å². The van der Waals surface area contributed by atoms with E-state index >= 15 is 0 Å². The fourth-order valence-electron chi connectivity index (χ4n) is 4.00. The molecule has 0 aliphatic rings. The number of benzene rings is 3. The molecule has 3 aromatic carbocycles. The first-order valence-corrected chi connectivity index (χ1v) is 15.2. The van der Waals surface area contributed by atoms with E-state index in [1.54, 1.807) is 6.92 Å². The van der Waals surface area contributed by atoms with Gasteiger partial charge in [-0.1, -0.05) is 91.0 Å². The second-order valence-corrected chi connectivity index (χ2v) is 11.9. The SMILES string of the molecule is Cc1cn(O[C@H](CCP(=O)(OCc2ccccc2)OCc2ccccc2)[C@H](C)OCc2ccccc2)c(=O)[nH]c1=O. The molecule has 1 aromatic heterocycles. The Balaban J connectivity index is 1.52. The maximum atomic E-state index is 14.0. The summed E-state index contributed by atoms with van der Waals surface area (Å²) in [5, 5.41) is 0. The molecule has 0 unspecified atom stereocenters. The molecule has 0 saturated heterocycles. The number of H-pyrrole nitrogens is 1. The lowest BCUT2D eigenvalue weighted by molar-refractivity contribution is -0.0803. The normalized spacial score (nSPS) is 13.0. The van der Waals surface area contributed by atoms with Crippen molar-refractivity contribution in [2.75, 3.05) is 6.16 Å². The number of nitrogens with one attached hydrogen (secondary N) is 1. The minimum Gasteiger partial charge on any atom is -0.404 e. The number of hydrogen-bond donors (Lipinski definition) is 1. The van der Waals surface area contributed by atoms with Gasteiger partial charge in [0.05, 0.1) is 38.3 Å². The first-order chi connectivity index (χ1) is 19.8. The standard InChI is InChI=1S/C31H35N2O7P/c1-24-20-33(31(35)32-30(24)34)40-29(25(2)37-21-26-12-6-3-7-13-26)18-19-41(36,38-22-27-14-8-4-9-15-27)39-23-28-16-10-5-11-17-28/h3-17,20,25,29H,18-19,21-23H2,1-2H3,(H,32,34,35)/t25-,29+/m0/s1. The van der Waals surface area contributed by atoms with Gasteiger partial charge in [0.1, 0.15) is 0 Å². The van der Waals surface area contributed by atoms with Crippen LogP contribution in [0.1, 0.15) is 35.6 Å². The fourth-order valence-corrected chi connectivity index (χ4v) is 5.59. The molecule has 0 aliphatic carbocycles. The van der Waals surface area contributed by atoms with Gasteiger partial charge >= 0.3 is 13.3 Å². The summed E-state index contributed by atoms with van der Waals surface area (Å²) in [6, 6.07) is 28.5. The van der Waals surface area contributed by atoms with Gasteiger partial charge in [-0.25, -0.2) is 4.79 Å². The Hall–Kier alpha value is -3.75. The van der Waals surface area contributed by atoms with E-state index in [0.717, 1.165) is 21.4 Å². The number of aryl methyl sites for hydroxylation is 1. The molecule has 41 heavy (non-hydrogen) atoms. The molecule has 4 aromatic rings. The van der Waals surface area contributed by atoms with Gasteiger partial charge in [-0.05, 0) is 30.5 Å². The van der Waals surface area contributed by atoms with Gasteiger partial charge in [-0.2, -0.15) is 0 Å². The quantitative estimate of drug-likeness (QED) is 0.192. The number of rotatable bonds is 15. The van der Waals surface area contributed by atoms with Gasteiger partial charge < -0.3 is 18.6 Å². The number of ether oxygens (including phenoxy) is 1. The average molecular weight is 579 g/mol. The molecule has 10 heteroatoms. The second-order valence-electron chi connectivity index (χ2n) is 9.68. The molecule has 0 aliphatic heterocycles. The summed E-state index contributed by atoms with van der Waals surface area (Å²) >= 11 is 0. The van der Waals surface area contributed by atoms with Crippen LogP contribution in [0.15, 0.2) is 107 Å². The summed E-state index contributed by atoms with van der Waals surface area (Å²) < 4.78 is 33.0. The van der Waals surface area contributed by atoms with E-state index in [1.165, 1.54) is 6.20 Å². The third-order valence-electron chi connectivity index (χ3n) is 6.45. The maximum Gasteiger partial charge on any atom is 0.361 e. The average Bonchev–Trinajstić information content (AvgIpc) is 3.00. The molecule has 0 radical (unpaired) electrons. The van der Waals surface area contributed by atoms with Gasteiger partial charge in [0.2, 0.25) is 0 Å². The fraction of sp³-hybridized carbons (Fsp3) is 0.290. The predicted octanol–water partition coefficient (Wildman–Crippen LogP) is 5.26. The lowest BCUT2D eigenvalue weighted by Gasteiger charge is -2.27. The van der Waals surface area contributed by atoms with Crippen LogP contribution in [0.5, 0.6) is 0 Å². The summed E-state index contributed by atoms with van der Waals surface area (Å²) in [5.74, 6) is 0. The van der Waals surface area contributed by atoms with Crippen molar-refractivity contribution in [2.45, 2.75) is 52.3 Å². The van der Waals surface area contributed by atoms with Gasteiger partial charge in [-0.3, -0.25) is 14.3 Å². The molecule has 2 atom stereocenters. The number of hydrogen-bond acceptors (Lipinski definition) is 7. The van der Waals surface area contributed by atoms with E-state index in [-0.39, 0.29) is 25.8 Å². The molecular formula is C31H35N2O7P. The minimum absolute atomic E-state index is 0.00740. The van der Waals surface area contributed by atoms with Gasteiger partial charge in [0.25, 0.3) is 5.56 Å². The summed E-state index contributed by atoms with van der Waals surface area (Å²) in [6.45, 7) is 3.92. The molecule has 1 N–H and O–H groups in total. The monoisotopic (exact) mass is 578 g/mol. The first-order valence-electron chi connectivity index (χ1n) is 13.4. The highest BCUT2D eigenvalue weighted by molar-refractivity contribution is 7.53. The molecule has 9 nitrogen and oxygen atoms in total. The third-order valence-corrected chi connectivity index (χ3v) is 8.30. The van der Waals surface area contributed by atoms with Crippen LogP contribution < -0.4 is 16.1 Å². The van der Waals surface area contributed by atoms with Crippen molar-refractivity contribution in [1.29, 1.82) is 0 Å². The van der Waals surface area contributed by atoms with Crippen molar-refractivity contribution in [1.82, 2.24) is 9.71 Å². The van der Waals surface area contributed by atoms with Crippen molar-refractivity contribution in [3.05, 3.63) is 140 Å². The summed E-state index contributed by atoms with van der Waals surface area (Å²) in [5.41, 5.74) is 1.79. The number of aromatic nitrogens is 2. The molecule has 4 rings (SSSR count). The molecule has 0 fully saturated rings. The molecular weight excluding hydrogens is 543 g/mol. The Bertz CT molecular complexity index is 1480. The largest absolute Gasteiger partial charge is 0.404 e. The first kappa shape index (κ1) is 30.2. The molecule has 0 spiro atoms. The molecule has 0 bridgehead atoms. The van der Waals surface area contributed by atoms with Crippen molar-refractivity contribution in [3.63, 3.8) is 0 Å². The Morgan fingerprint density at radius 3 is 1.78 bits per heavy atom. The van der Waals surface area contributed by atoms with Crippen LogP contribution in [-0.4, -0.2) is 28.1 Å². The zero-order valence-electron chi connectivity index (χ0n) is 23.2. The predicted molar refractivity (Wildman–Crippen MR) is 157 cm³/mol. The highest BCUT2D eigenvalue weighted by atomic mass is 31.2. The summed E-state index contributed by atoms with van der Waals surface area (Å²) in [4.78, 5) is 32.6. The molecule has 1 heterocycles. The highest BCUT2D eigenvalue weighted by Crippen LogP contribution is 2.50. The van der Waals surface area contributed by atoms with E-state index in [9.17, 15) is 14.2 Å². The van der Waals surface area contributed by atoms with Crippen LogP contribution in [0.4, 0.5) is 0 Å². The maximum absolute atomic E-state index is 14.0. The molecule has 216 valence electrons. The van der Waals surface area contributed by atoms with Crippen LogP contribution in [0, 0.1) is 6.92 Å². The Morgan fingerprint density at radius 2 is 1.27 bits per heavy atom. The van der Waals surface area contributed by atoms with E-state index in [4.69, 9.17) is 18.6 Å². The second kappa shape index (κ2) is 14.8. The highest BCUT2D eigenvalue weighted by Gasteiger charge is 2.30. The third kappa shape index (κ3) is 9.40. The summed E-state index contributed by atoms with van der Waals surface area (Å²) in [7, 11) is -3.64. The lowest BCUT2D eigenvalue weighted by Crippen LogP contribution is -2.43. The van der Waals surface area contributed by atoms with Gasteiger partial charge in [0, 0.05) is 12.0 Å². The van der Waals surface area contributed by atoms with Crippen LogP contribution in [-0.2, 0) is 38.2 Å². The number of nitrogens with zero attached hydrogens (tertiary/aromatic N) is 1.